The van der Waals surface area contributed by atoms with Gasteiger partial charge in [-0.15, -0.1) is 11.3 Å². The van der Waals surface area contributed by atoms with Crippen LogP contribution in [0, 0.1) is 6.57 Å². The van der Waals surface area contributed by atoms with Crippen molar-refractivity contribution in [1.29, 1.82) is 0 Å². The Morgan fingerprint density at radius 2 is 2.17 bits per heavy atom. The summed E-state index contributed by atoms with van der Waals surface area (Å²) in [4.78, 5) is 4.67. The highest BCUT2D eigenvalue weighted by molar-refractivity contribution is 9.10. The predicted molar refractivity (Wildman–Crippen MR) is 78.0 cm³/mol. The van der Waals surface area contributed by atoms with Crippen molar-refractivity contribution in [1.82, 2.24) is 9.78 Å². The maximum absolute atomic E-state index is 7.41. The van der Waals surface area contributed by atoms with Gasteiger partial charge < -0.3 is 0 Å². The van der Waals surface area contributed by atoms with E-state index in [-0.39, 0.29) is 0 Å². The maximum atomic E-state index is 7.41. The zero-order chi connectivity index (χ0) is 12.7. The first kappa shape index (κ1) is 11.5. The fraction of sp³-hybridized carbons (Fsp3) is 0.0769. The van der Waals surface area contributed by atoms with Crippen LogP contribution >= 0.6 is 27.3 Å². The standard InChI is InChI=1S/C13H8BrN3S/c1-15-11-8-5-3-4-6-10(8)18-13(11)12-9(14)7-16-17(12)2/h3-7H,2H3. The molecule has 18 heavy (non-hydrogen) atoms. The minimum Gasteiger partial charge on any atom is -0.267 e. The molecule has 0 N–H and O–H groups in total. The first-order chi connectivity index (χ1) is 8.72. The van der Waals surface area contributed by atoms with Crippen molar-refractivity contribution in [2.45, 2.75) is 0 Å². The van der Waals surface area contributed by atoms with E-state index in [0.29, 0.717) is 5.69 Å². The van der Waals surface area contributed by atoms with E-state index in [9.17, 15) is 0 Å². The Labute approximate surface area is 117 Å². The van der Waals surface area contributed by atoms with Gasteiger partial charge in [-0.3, -0.25) is 4.68 Å². The predicted octanol–water partition coefficient (Wildman–Crippen LogP) is 4.62. The van der Waals surface area contributed by atoms with Crippen LogP contribution in [0.15, 0.2) is 34.9 Å². The Hall–Kier alpha value is -1.64. The summed E-state index contributed by atoms with van der Waals surface area (Å²) in [6.45, 7) is 7.41. The molecule has 88 valence electrons. The summed E-state index contributed by atoms with van der Waals surface area (Å²) in [6.07, 6.45) is 1.76. The number of hydrogen-bond acceptors (Lipinski definition) is 2. The summed E-state index contributed by atoms with van der Waals surface area (Å²) in [6, 6.07) is 8.00. The number of benzene rings is 1. The number of fused-ring (bicyclic) bond motifs is 1. The molecule has 0 aliphatic rings. The third kappa shape index (κ3) is 1.57. The zero-order valence-electron chi connectivity index (χ0n) is 9.51. The van der Waals surface area contributed by atoms with Gasteiger partial charge in [0.05, 0.1) is 27.8 Å². The molecule has 3 nitrogen and oxygen atoms in total. The Morgan fingerprint density at radius 3 is 2.83 bits per heavy atom. The lowest BCUT2D eigenvalue weighted by Crippen LogP contribution is -1.91. The maximum Gasteiger partial charge on any atom is 0.214 e. The van der Waals surface area contributed by atoms with E-state index in [2.05, 4.69) is 25.9 Å². The van der Waals surface area contributed by atoms with Crippen LogP contribution in [0.4, 0.5) is 5.69 Å². The van der Waals surface area contributed by atoms with Crippen LogP contribution in [0.1, 0.15) is 0 Å². The quantitative estimate of drug-likeness (QED) is 0.600. The van der Waals surface area contributed by atoms with E-state index >= 15 is 0 Å². The van der Waals surface area contributed by atoms with Gasteiger partial charge in [-0.05, 0) is 27.4 Å². The molecule has 0 radical (unpaired) electrons. The summed E-state index contributed by atoms with van der Waals surface area (Å²) in [7, 11) is 1.89. The van der Waals surface area contributed by atoms with Crippen molar-refractivity contribution in [2.75, 3.05) is 0 Å². The molecule has 0 aliphatic heterocycles. The van der Waals surface area contributed by atoms with E-state index in [1.165, 1.54) is 0 Å². The Kier molecular flexibility index (Phi) is 2.69. The van der Waals surface area contributed by atoms with Crippen molar-refractivity contribution in [3.05, 3.63) is 46.4 Å². The Morgan fingerprint density at radius 1 is 1.39 bits per heavy atom. The van der Waals surface area contributed by atoms with E-state index in [1.54, 1.807) is 22.2 Å². The van der Waals surface area contributed by atoms with Crippen LogP contribution in [0.2, 0.25) is 0 Å². The second kappa shape index (κ2) is 4.23. The van der Waals surface area contributed by atoms with Crippen molar-refractivity contribution in [3.63, 3.8) is 0 Å². The van der Waals surface area contributed by atoms with Crippen molar-refractivity contribution in [2.24, 2.45) is 7.05 Å². The molecule has 3 rings (SSSR count). The summed E-state index contributed by atoms with van der Waals surface area (Å²) in [5.74, 6) is 0. The van der Waals surface area contributed by atoms with Crippen LogP contribution in [0.25, 0.3) is 25.5 Å². The number of thiophene rings is 1. The fourth-order valence-corrected chi connectivity index (χ4v) is 3.88. The molecular weight excluding hydrogens is 310 g/mol. The summed E-state index contributed by atoms with van der Waals surface area (Å²) < 4.78 is 3.84. The number of halogens is 1. The molecule has 0 spiro atoms. The molecule has 0 saturated carbocycles. The molecule has 5 heteroatoms. The van der Waals surface area contributed by atoms with Gasteiger partial charge in [0.15, 0.2) is 0 Å². The molecule has 0 atom stereocenters. The van der Waals surface area contributed by atoms with Crippen molar-refractivity contribution in [3.8, 4) is 10.6 Å². The second-order valence-corrected chi connectivity index (χ2v) is 5.76. The van der Waals surface area contributed by atoms with Crippen LogP contribution in [-0.4, -0.2) is 9.78 Å². The smallest absolute Gasteiger partial charge is 0.214 e. The molecule has 3 aromatic rings. The van der Waals surface area contributed by atoms with Crippen LogP contribution in [0.3, 0.4) is 0 Å². The van der Waals surface area contributed by atoms with Gasteiger partial charge in [0.2, 0.25) is 5.69 Å². The highest BCUT2D eigenvalue weighted by Crippen LogP contribution is 2.46. The minimum absolute atomic E-state index is 0.708. The minimum atomic E-state index is 0.708. The van der Waals surface area contributed by atoms with E-state index < -0.39 is 0 Å². The molecule has 1 aromatic carbocycles. The third-order valence-electron chi connectivity index (χ3n) is 2.79. The first-order valence-corrected chi connectivity index (χ1v) is 6.90. The van der Waals surface area contributed by atoms with E-state index in [0.717, 1.165) is 25.1 Å². The van der Waals surface area contributed by atoms with Gasteiger partial charge in [0.1, 0.15) is 0 Å². The number of rotatable bonds is 1. The summed E-state index contributed by atoms with van der Waals surface area (Å²) in [5.41, 5.74) is 1.67. The van der Waals surface area contributed by atoms with Gasteiger partial charge >= 0.3 is 0 Å². The first-order valence-electron chi connectivity index (χ1n) is 5.29. The topological polar surface area (TPSA) is 22.2 Å². The molecule has 0 bridgehead atoms. The summed E-state index contributed by atoms with van der Waals surface area (Å²) in [5, 5.41) is 5.23. The second-order valence-electron chi connectivity index (χ2n) is 3.85. The molecule has 2 aromatic heterocycles. The SMILES string of the molecule is [C-]#[N+]c1c(-c2c(Br)cnn2C)sc2ccccc12. The largest absolute Gasteiger partial charge is 0.267 e. The molecular formula is C13H8BrN3S. The van der Waals surface area contributed by atoms with Gasteiger partial charge in [0, 0.05) is 11.7 Å². The van der Waals surface area contributed by atoms with Crippen LogP contribution < -0.4 is 0 Å². The monoisotopic (exact) mass is 317 g/mol. The molecule has 0 saturated heterocycles. The third-order valence-corrected chi connectivity index (χ3v) is 4.54. The number of aryl methyl sites for hydroxylation is 1. The molecule has 2 heterocycles. The lowest BCUT2D eigenvalue weighted by atomic mass is 10.2. The van der Waals surface area contributed by atoms with Gasteiger partial charge in [-0.1, -0.05) is 18.2 Å². The molecule has 0 fully saturated rings. The molecule has 0 amide bonds. The number of nitrogens with zero attached hydrogens (tertiary/aromatic N) is 3. The highest BCUT2D eigenvalue weighted by Gasteiger charge is 2.18. The van der Waals surface area contributed by atoms with Crippen LogP contribution in [0.5, 0.6) is 0 Å². The van der Waals surface area contributed by atoms with E-state index in [1.807, 2.05) is 31.3 Å². The van der Waals surface area contributed by atoms with Gasteiger partial charge in [0.25, 0.3) is 0 Å². The average molecular weight is 318 g/mol. The summed E-state index contributed by atoms with van der Waals surface area (Å²) >= 11 is 5.12. The van der Waals surface area contributed by atoms with Crippen molar-refractivity contribution >= 4 is 43.0 Å². The number of aromatic nitrogens is 2. The Balaban J connectivity index is 2.40. The molecule has 0 unspecified atom stereocenters. The van der Waals surface area contributed by atoms with E-state index in [4.69, 9.17) is 6.57 Å². The van der Waals surface area contributed by atoms with Gasteiger partial charge in [-0.2, -0.15) is 5.10 Å². The fourth-order valence-electron chi connectivity index (χ4n) is 1.97. The highest BCUT2D eigenvalue weighted by atomic mass is 79.9. The van der Waals surface area contributed by atoms with Gasteiger partial charge in [-0.25, -0.2) is 4.85 Å². The van der Waals surface area contributed by atoms with Crippen LogP contribution in [-0.2, 0) is 7.05 Å². The molecule has 0 aliphatic carbocycles. The zero-order valence-corrected chi connectivity index (χ0v) is 11.9. The average Bonchev–Trinajstić information content (AvgIpc) is 2.89. The van der Waals surface area contributed by atoms with Crippen molar-refractivity contribution < 1.29 is 0 Å². The number of hydrogen-bond donors (Lipinski definition) is 0. The Bertz CT molecular complexity index is 760. The normalized spacial score (nSPS) is 10.7. The lowest BCUT2D eigenvalue weighted by Gasteiger charge is -2.00. The lowest BCUT2D eigenvalue weighted by molar-refractivity contribution is 0.777.